The van der Waals surface area contributed by atoms with E-state index in [0.717, 1.165) is 6.26 Å². The summed E-state index contributed by atoms with van der Waals surface area (Å²) in [5, 5.41) is 0. The first-order chi connectivity index (χ1) is 5.75. The van der Waals surface area contributed by atoms with Gasteiger partial charge in [-0.2, -0.15) is 0 Å². The first kappa shape index (κ1) is 8.33. The first-order valence-electron chi connectivity index (χ1n) is 3.42. The summed E-state index contributed by atoms with van der Waals surface area (Å²) in [6.45, 7) is 3.27. The predicted octanol–water partition coefficient (Wildman–Crippen LogP) is 1.57. The summed E-state index contributed by atoms with van der Waals surface area (Å²) < 4.78 is 4.55. The van der Waals surface area contributed by atoms with Crippen LogP contribution in [0.5, 0.6) is 0 Å². The molecular formula is C9H9NO2. The van der Waals surface area contributed by atoms with Gasteiger partial charge in [-0.3, -0.25) is 0 Å². The van der Waals surface area contributed by atoms with Gasteiger partial charge >= 0.3 is 5.97 Å². The highest BCUT2D eigenvalue weighted by Crippen LogP contribution is 2.11. The van der Waals surface area contributed by atoms with Crippen molar-refractivity contribution in [3.63, 3.8) is 0 Å². The normalized spacial score (nSPS) is 9.00. The molecule has 62 valence electrons. The number of ether oxygens (including phenoxy) is 1. The molecule has 0 fully saturated rings. The van der Waals surface area contributed by atoms with Crippen LogP contribution in [0, 0.1) is 0 Å². The summed E-state index contributed by atoms with van der Waals surface area (Å²) in [6.07, 6.45) is 1.08. The Hall–Kier alpha value is -1.77. The Bertz CT molecular complexity index is 307. The van der Waals surface area contributed by atoms with E-state index >= 15 is 0 Å². The SMILES string of the molecule is C=COC(=O)c1ccccc1N. The molecule has 0 saturated carbocycles. The van der Waals surface area contributed by atoms with E-state index in [1.54, 1.807) is 24.3 Å². The van der Waals surface area contributed by atoms with Crippen LogP contribution in [-0.4, -0.2) is 5.97 Å². The van der Waals surface area contributed by atoms with Crippen LogP contribution >= 0.6 is 0 Å². The Kier molecular flexibility index (Phi) is 2.48. The highest BCUT2D eigenvalue weighted by atomic mass is 16.5. The topological polar surface area (TPSA) is 52.3 Å². The van der Waals surface area contributed by atoms with Crippen molar-refractivity contribution < 1.29 is 9.53 Å². The van der Waals surface area contributed by atoms with E-state index in [-0.39, 0.29) is 0 Å². The number of hydrogen-bond donors (Lipinski definition) is 1. The van der Waals surface area contributed by atoms with Gasteiger partial charge in [-0.1, -0.05) is 18.7 Å². The molecule has 0 spiro atoms. The molecule has 0 bridgehead atoms. The summed E-state index contributed by atoms with van der Waals surface area (Å²) in [7, 11) is 0. The van der Waals surface area contributed by atoms with Gasteiger partial charge in [-0.15, -0.1) is 0 Å². The second kappa shape index (κ2) is 3.57. The minimum atomic E-state index is -0.483. The van der Waals surface area contributed by atoms with Crippen LogP contribution < -0.4 is 5.73 Å². The number of nitrogen functional groups attached to an aromatic ring is 1. The first-order valence-corrected chi connectivity index (χ1v) is 3.42. The van der Waals surface area contributed by atoms with Crippen molar-refractivity contribution in [3.8, 4) is 0 Å². The van der Waals surface area contributed by atoms with Gasteiger partial charge in [0, 0.05) is 5.69 Å². The van der Waals surface area contributed by atoms with Crippen LogP contribution in [0.25, 0.3) is 0 Å². The fraction of sp³-hybridized carbons (Fsp3) is 0. The zero-order chi connectivity index (χ0) is 8.97. The van der Waals surface area contributed by atoms with E-state index in [4.69, 9.17) is 5.73 Å². The third-order valence-corrected chi connectivity index (χ3v) is 1.37. The number of para-hydroxylation sites is 1. The van der Waals surface area contributed by atoms with Crippen LogP contribution in [-0.2, 0) is 4.74 Å². The fourth-order valence-electron chi connectivity index (χ4n) is 0.822. The Morgan fingerprint density at radius 1 is 1.50 bits per heavy atom. The van der Waals surface area contributed by atoms with E-state index in [9.17, 15) is 4.79 Å². The number of hydrogen-bond acceptors (Lipinski definition) is 3. The van der Waals surface area contributed by atoms with Gasteiger partial charge in [0.05, 0.1) is 11.8 Å². The van der Waals surface area contributed by atoms with Crippen molar-refractivity contribution >= 4 is 11.7 Å². The molecule has 0 amide bonds. The van der Waals surface area contributed by atoms with Crippen molar-refractivity contribution in [2.75, 3.05) is 5.73 Å². The zero-order valence-electron chi connectivity index (χ0n) is 6.49. The van der Waals surface area contributed by atoms with Crippen LogP contribution in [0.15, 0.2) is 37.1 Å². The van der Waals surface area contributed by atoms with Gasteiger partial charge in [-0.05, 0) is 12.1 Å². The van der Waals surface area contributed by atoms with Crippen molar-refractivity contribution in [2.24, 2.45) is 0 Å². The summed E-state index contributed by atoms with van der Waals surface area (Å²) in [5.74, 6) is -0.483. The van der Waals surface area contributed by atoms with Crippen LogP contribution in [0.2, 0.25) is 0 Å². The molecule has 3 heteroatoms. The number of nitrogens with two attached hydrogens (primary N) is 1. The Morgan fingerprint density at radius 3 is 2.75 bits per heavy atom. The van der Waals surface area contributed by atoms with E-state index in [0.29, 0.717) is 11.3 Å². The van der Waals surface area contributed by atoms with E-state index in [1.165, 1.54) is 0 Å². The molecule has 12 heavy (non-hydrogen) atoms. The summed E-state index contributed by atoms with van der Waals surface area (Å²) in [6, 6.07) is 6.71. The molecule has 0 atom stereocenters. The summed E-state index contributed by atoms with van der Waals surface area (Å²) in [5.41, 5.74) is 6.28. The largest absolute Gasteiger partial charge is 0.431 e. The quantitative estimate of drug-likeness (QED) is 0.409. The third kappa shape index (κ3) is 1.63. The predicted molar refractivity (Wildman–Crippen MR) is 46.5 cm³/mol. The second-order valence-electron chi connectivity index (χ2n) is 2.16. The molecule has 0 aliphatic heterocycles. The van der Waals surface area contributed by atoms with Gasteiger partial charge in [0.2, 0.25) is 0 Å². The van der Waals surface area contributed by atoms with Crippen LogP contribution in [0.3, 0.4) is 0 Å². The van der Waals surface area contributed by atoms with E-state index in [2.05, 4.69) is 11.3 Å². The lowest BCUT2D eigenvalue weighted by molar-refractivity contribution is 0.0665. The third-order valence-electron chi connectivity index (χ3n) is 1.37. The molecule has 3 nitrogen and oxygen atoms in total. The Morgan fingerprint density at radius 2 is 2.17 bits per heavy atom. The number of anilines is 1. The minimum Gasteiger partial charge on any atom is -0.431 e. The van der Waals surface area contributed by atoms with Gasteiger partial charge < -0.3 is 10.5 Å². The van der Waals surface area contributed by atoms with E-state index < -0.39 is 5.97 Å². The molecule has 1 aromatic rings. The summed E-state index contributed by atoms with van der Waals surface area (Å²) >= 11 is 0. The number of carbonyl (C=O) groups is 1. The van der Waals surface area contributed by atoms with Gasteiger partial charge in [0.15, 0.2) is 0 Å². The molecule has 1 rings (SSSR count). The lowest BCUT2D eigenvalue weighted by Gasteiger charge is -2.01. The minimum absolute atomic E-state index is 0.359. The van der Waals surface area contributed by atoms with Crippen molar-refractivity contribution in [1.29, 1.82) is 0 Å². The van der Waals surface area contributed by atoms with Gasteiger partial charge in [0.25, 0.3) is 0 Å². The Labute approximate surface area is 70.5 Å². The number of esters is 1. The molecule has 0 aliphatic carbocycles. The highest BCUT2D eigenvalue weighted by molar-refractivity contribution is 5.95. The highest BCUT2D eigenvalue weighted by Gasteiger charge is 2.07. The van der Waals surface area contributed by atoms with Crippen molar-refractivity contribution in [2.45, 2.75) is 0 Å². The smallest absolute Gasteiger partial charge is 0.345 e. The maximum atomic E-state index is 11.1. The van der Waals surface area contributed by atoms with Gasteiger partial charge in [-0.25, -0.2) is 4.79 Å². The van der Waals surface area contributed by atoms with Crippen molar-refractivity contribution in [3.05, 3.63) is 42.7 Å². The molecule has 2 N–H and O–H groups in total. The van der Waals surface area contributed by atoms with Crippen LogP contribution in [0.1, 0.15) is 10.4 Å². The lowest BCUT2D eigenvalue weighted by Crippen LogP contribution is -2.04. The maximum absolute atomic E-state index is 11.1. The molecule has 1 aromatic carbocycles. The standard InChI is InChI=1S/C9H9NO2/c1-2-12-9(11)7-5-3-4-6-8(7)10/h2-6H,1,10H2. The average Bonchev–Trinajstić information content (AvgIpc) is 2.05. The molecule has 0 aliphatic rings. The molecule has 0 heterocycles. The van der Waals surface area contributed by atoms with Gasteiger partial charge in [0.1, 0.15) is 0 Å². The van der Waals surface area contributed by atoms with E-state index in [1.807, 2.05) is 0 Å². The average molecular weight is 163 g/mol. The fourth-order valence-corrected chi connectivity index (χ4v) is 0.822. The van der Waals surface area contributed by atoms with Crippen LogP contribution in [0.4, 0.5) is 5.69 Å². The zero-order valence-corrected chi connectivity index (χ0v) is 6.49. The molecule has 0 aromatic heterocycles. The Balaban J connectivity index is 2.94. The lowest BCUT2D eigenvalue weighted by atomic mass is 10.2. The summed E-state index contributed by atoms with van der Waals surface area (Å²) in [4.78, 5) is 11.1. The molecular weight excluding hydrogens is 154 g/mol. The maximum Gasteiger partial charge on any atom is 0.345 e. The second-order valence-corrected chi connectivity index (χ2v) is 2.16. The number of rotatable bonds is 2. The monoisotopic (exact) mass is 163 g/mol. The van der Waals surface area contributed by atoms with Crippen molar-refractivity contribution in [1.82, 2.24) is 0 Å². The molecule has 0 radical (unpaired) electrons. The molecule has 0 unspecified atom stereocenters. The number of benzene rings is 1. The molecule has 0 saturated heterocycles. The number of carbonyl (C=O) groups excluding carboxylic acids is 1.